The Morgan fingerprint density at radius 3 is 2.89 bits per heavy atom. The van der Waals surface area contributed by atoms with Crippen molar-refractivity contribution in [1.29, 1.82) is 0 Å². The van der Waals surface area contributed by atoms with E-state index in [4.69, 9.17) is 16.0 Å². The van der Waals surface area contributed by atoms with Crippen molar-refractivity contribution < 1.29 is 13.7 Å². The molecule has 19 heavy (non-hydrogen) atoms. The first-order valence-electron chi connectivity index (χ1n) is 5.44. The van der Waals surface area contributed by atoms with E-state index in [1.807, 2.05) is 0 Å². The summed E-state index contributed by atoms with van der Waals surface area (Å²) in [5.74, 6) is 0.0729. The van der Waals surface area contributed by atoms with Gasteiger partial charge in [0, 0.05) is 18.4 Å². The van der Waals surface area contributed by atoms with E-state index in [1.54, 1.807) is 0 Å². The highest BCUT2D eigenvalue weighted by molar-refractivity contribution is 6.17. The van der Waals surface area contributed by atoms with Gasteiger partial charge in [-0.2, -0.15) is 0 Å². The van der Waals surface area contributed by atoms with Crippen LogP contribution in [0.5, 0.6) is 0 Å². The summed E-state index contributed by atoms with van der Waals surface area (Å²) in [5, 5.41) is 18.3. The summed E-state index contributed by atoms with van der Waals surface area (Å²) >= 11 is 5.53. The molecule has 0 atom stereocenters. The normalized spacial score (nSPS) is 10.6. The second-order valence-electron chi connectivity index (χ2n) is 3.71. The monoisotopic (exact) mass is 285 g/mol. The van der Waals surface area contributed by atoms with E-state index in [9.17, 15) is 14.5 Å². The van der Waals surface area contributed by atoms with Crippen LogP contribution in [0, 0.1) is 15.9 Å². The Bertz CT molecular complexity index is 603. The number of nitro groups is 1. The summed E-state index contributed by atoms with van der Waals surface area (Å²) in [6.45, 7) is 0. The molecule has 0 radical (unpaired) electrons. The Hall–Kier alpha value is -2.02. The molecule has 8 heteroatoms. The molecular weight excluding hydrogens is 277 g/mol. The fourth-order valence-corrected chi connectivity index (χ4v) is 1.65. The molecule has 1 aromatic heterocycles. The third kappa shape index (κ3) is 3.05. The molecule has 0 aliphatic rings. The largest absolute Gasteiger partial charge is 0.420 e. The van der Waals surface area contributed by atoms with Gasteiger partial charge in [-0.3, -0.25) is 10.1 Å². The van der Waals surface area contributed by atoms with E-state index in [-0.39, 0.29) is 17.1 Å². The SMILES string of the molecule is O=[N+]([O-])c1ccc(F)cc1-c1nnc(CCCCl)o1. The van der Waals surface area contributed by atoms with E-state index < -0.39 is 10.7 Å². The molecule has 2 aromatic rings. The lowest BCUT2D eigenvalue weighted by Crippen LogP contribution is -1.93. The molecule has 6 nitrogen and oxygen atoms in total. The third-order valence-corrected chi connectivity index (χ3v) is 2.64. The molecule has 0 unspecified atom stereocenters. The summed E-state index contributed by atoms with van der Waals surface area (Å²) in [7, 11) is 0. The predicted molar refractivity (Wildman–Crippen MR) is 65.4 cm³/mol. The molecule has 0 aliphatic carbocycles. The average Bonchev–Trinajstić information content (AvgIpc) is 2.84. The van der Waals surface area contributed by atoms with Crippen LogP contribution in [0.2, 0.25) is 0 Å². The summed E-state index contributed by atoms with van der Waals surface area (Å²) in [6, 6.07) is 3.07. The van der Waals surface area contributed by atoms with E-state index in [0.717, 1.165) is 18.2 Å². The van der Waals surface area contributed by atoms with Gasteiger partial charge in [-0.15, -0.1) is 21.8 Å². The van der Waals surface area contributed by atoms with Crippen LogP contribution in [0.25, 0.3) is 11.5 Å². The van der Waals surface area contributed by atoms with Crippen LogP contribution in [-0.2, 0) is 6.42 Å². The number of nitro benzene ring substituents is 1. The van der Waals surface area contributed by atoms with Crippen molar-refractivity contribution in [3.63, 3.8) is 0 Å². The number of nitrogens with zero attached hydrogens (tertiary/aromatic N) is 3. The predicted octanol–water partition coefficient (Wildman–Crippen LogP) is 2.96. The zero-order valence-electron chi connectivity index (χ0n) is 9.68. The summed E-state index contributed by atoms with van der Waals surface area (Å²) in [6.07, 6.45) is 1.12. The molecule has 0 amide bonds. The Morgan fingerprint density at radius 1 is 1.42 bits per heavy atom. The van der Waals surface area contributed by atoms with Crippen LogP contribution in [0.4, 0.5) is 10.1 Å². The lowest BCUT2D eigenvalue weighted by Gasteiger charge is -1.98. The molecule has 0 fully saturated rings. The van der Waals surface area contributed by atoms with Crippen LogP contribution >= 0.6 is 11.6 Å². The van der Waals surface area contributed by atoms with Gasteiger partial charge in [-0.25, -0.2) is 4.39 Å². The molecule has 0 bridgehead atoms. The maximum atomic E-state index is 13.2. The first kappa shape index (κ1) is 13.4. The molecule has 0 N–H and O–H groups in total. The molecule has 0 saturated carbocycles. The molecule has 1 aromatic carbocycles. The van der Waals surface area contributed by atoms with Crippen molar-refractivity contribution in [1.82, 2.24) is 10.2 Å². The number of hydrogen-bond acceptors (Lipinski definition) is 5. The van der Waals surface area contributed by atoms with Crippen LogP contribution in [0.3, 0.4) is 0 Å². The fraction of sp³-hybridized carbons (Fsp3) is 0.273. The number of halogens is 2. The quantitative estimate of drug-likeness (QED) is 0.479. The van der Waals surface area contributed by atoms with Crippen LogP contribution in [0.15, 0.2) is 22.6 Å². The Balaban J connectivity index is 2.37. The summed E-state index contributed by atoms with van der Waals surface area (Å²) in [4.78, 5) is 10.2. The van der Waals surface area contributed by atoms with Gasteiger partial charge in [-0.05, 0) is 18.6 Å². The number of rotatable bonds is 5. The van der Waals surface area contributed by atoms with E-state index in [1.165, 1.54) is 0 Å². The van der Waals surface area contributed by atoms with Gasteiger partial charge in [0.1, 0.15) is 11.4 Å². The highest BCUT2D eigenvalue weighted by Crippen LogP contribution is 2.29. The molecule has 0 aliphatic heterocycles. The Morgan fingerprint density at radius 2 is 2.21 bits per heavy atom. The van der Waals surface area contributed by atoms with Gasteiger partial charge >= 0.3 is 0 Å². The number of benzene rings is 1. The van der Waals surface area contributed by atoms with E-state index in [2.05, 4.69) is 10.2 Å². The zero-order chi connectivity index (χ0) is 13.8. The molecule has 100 valence electrons. The fourth-order valence-electron chi connectivity index (χ4n) is 1.52. The first-order chi connectivity index (χ1) is 9.11. The molecule has 2 rings (SSSR count). The smallest absolute Gasteiger partial charge is 0.282 e. The zero-order valence-corrected chi connectivity index (χ0v) is 10.4. The standard InChI is InChI=1S/C11H9ClFN3O3/c12-5-1-2-10-14-15-11(19-10)8-6-7(13)3-4-9(8)16(17)18/h3-4,6H,1-2,5H2. The molecular formula is C11H9ClFN3O3. The van der Waals surface area contributed by atoms with Gasteiger partial charge in [0.05, 0.1) is 4.92 Å². The van der Waals surface area contributed by atoms with Gasteiger partial charge in [0.15, 0.2) is 0 Å². The molecule has 1 heterocycles. The minimum absolute atomic E-state index is 0.0328. The van der Waals surface area contributed by atoms with Crippen molar-refractivity contribution >= 4 is 17.3 Å². The first-order valence-corrected chi connectivity index (χ1v) is 5.98. The Labute approximate surface area is 112 Å². The Kier molecular flexibility index (Phi) is 4.06. The van der Waals surface area contributed by atoms with Crippen LogP contribution in [-0.4, -0.2) is 21.0 Å². The number of alkyl halides is 1. The van der Waals surface area contributed by atoms with E-state index in [0.29, 0.717) is 24.6 Å². The van der Waals surface area contributed by atoms with Crippen molar-refractivity contribution in [3.05, 3.63) is 40.0 Å². The third-order valence-electron chi connectivity index (χ3n) is 2.38. The lowest BCUT2D eigenvalue weighted by atomic mass is 10.2. The molecule has 0 spiro atoms. The van der Waals surface area contributed by atoms with Gasteiger partial charge in [0.25, 0.3) is 11.6 Å². The number of aromatic nitrogens is 2. The minimum Gasteiger partial charge on any atom is -0.420 e. The van der Waals surface area contributed by atoms with Crippen molar-refractivity contribution in [2.24, 2.45) is 0 Å². The second-order valence-corrected chi connectivity index (χ2v) is 4.09. The van der Waals surface area contributed by atoms with Crippen molar-refractivity contribution in [2.45, 2.75) is 12.8 Å². The topological polar surface area (TPSA) is 82.1 Å². The van der Waals surface area contributed by atoms with E-state index >= 15 is 0 Å². The van der Waals surface area contributed by atoms with Crippen LogP contribution < -0.4 is 0 Å². The van der Waals surface area contributed by atoms with Crippen molar-refractivity contribution in [2.75, 3.05) is 5.88 Å². The average molecular weight is 286 g/mol. The number of aryl methyl sites for hydroxylation is 1. The minimum atomic E-state index is -0.628. The van der Waals surface area contributed by atoms with Crippen LogP contribution in [0.1, 0.15) is 12.3 Å². The maximum Gasteiger partial charge on any atom is 0.282 e. The van der Waals surface area contributed by atoms with Gasteiger partial charge in [-0.1, -0.05) is 0 Å². The summed E-state index contributed by atoms with van der Waals surface area (Å²) < 4.78 is 18.4. The van der Waals surface area contributed by atoms with Crippen molar-refractivity contribution in [3.8, 4) is 11.5 Å². The number of hydrogen-bond donors (Lipinski definition) is 0. The second kappa shape index (κ2) is 5.75. The summed E-state index contributed by atoms with van der Waals surface area (Å²) in [5.41, 5.74) is -0.316. The lowest BCUT2D eigenvalue weighted by molar-refractivity contribution is -0.384. The van der Waals surface area contributed by atoms with Gasteiger partial charge in [0.2, 0.25) is 5.89 Å². The maximum absolute atomic E-state index is 13.2. The highest BCUT2D eigenvalue weighted by Gasteiger charge is 2.21. The highest BCUT2D eigenvalue weighted by atomic mass is 35.5. The molecule has 0 saturated heterocycles. The van der Waals surface area contributed by atoms with Gasteiger partial charge < -0.3 is 4.42 Å².